The van der Waals surface area contributed by atoms with Crippen LogP contribution in [0.5, 0.6) is 0 Å². The van der Waals surface area contributed by atoms with E-state index in [9.17, 15) is 19.3 Å². The first kappa shape index (κ1) is 14.6. The molecule has 0 spiro atoms. The maximum atomic E-state index is 13.4. The summed E-state index contributed by atoms with van der Waals surface area (Å²) in [7, 11) is 0. The van der Waals surface area contributed by atoms with Crippen LogP contribution in [0.15, 0.2) is 18.2 Å². The van der Waals surface area contributed by atoms with Gasteiger partial charge < -0.3 is 0 Å². The Labute approximate surface area is 116 Å². The molecule has 1 heterocycles. The van der Waals surface area contributed by atoms with Crippen LogP contribution in [0.25, 0.3) is 0 Å². The van der Waals surface area contributed by atoms with Crippen LogP contribution in [0.2, 0.25) is 0 Å². The van der Waals surface area contributed by atoms with Crippen LogP contribution in [0.3, 0.4) is 0 Å². The van der Waals surface area contributed by atoms with E-state index >= 15 is 0 Å². The Morgan fingerprint density at radius 2 is 2.20 bits per heavy atom. The summed E-state index contributed by atoms with van der Waals surface area (Å²) < 4.78 is 13.4. The van der Waals surface area contributed by atoms with Gasteiger partial charge in [-0.3, -0.25) is 19.8 Å². The molecule has 5 nitrogen and oxygen atoms in total. The van der Waals surface area contributed by atoms with Crippen LogP contribution >= 0.6 is 0 Å². The van der Waals surface area contributed by atoms with Crippen LogP contribution in [-0.2, 0) is 11.3 Å². The molecule has 1 aliphatic heterocycles. The van der Waals surface area contributed by atoms with Crippen molar-refractivity contribution in [3.63, 3.8) is 0 Å². The minimum atomic E-state index is -0.602. The summed E-state index contributed by atoms with van der Waals surface area (Å²) in [5.74, 6) is -0.310. The van der Waals surface area contributed by atoms with Gasteiger partial charge in [0, 0.05) is 38.0 Å². The summed E-state index contributed by atoms with van der Waals surface area (Å²) in [4.78, 5) is 23.8. The van der Waals surface area contributed by atoms with Gasteiger partial charge in [-0.05, 0) is 18.1 Å². The summed E-state index contributed by atoms with van der Waals surface area (Å²) in [6.45, 7) is 3.67. The van der Waals surface area contributed by atoms with E-state index in [4.69, 9.17) is 0 Å². The molecule has 0 amide bonds. The van der Waals surface area contributed by atoms with Gasteiger partial charge in [-0.25, -0.2) is 4.39 Å². The molecule has 20 heavy (non-hydrogen) atoms. The van der Waals surface area contributed by atoms with Gasteiger partial charge in [-0.1, -0.05) is 6.92 Å². The molecule has 0 radical (unpaired) electrons. The highest BCUT2D eigenvalue weighted by molar-refractivity contribution is 5.82. The fourth-order valence-corrected chi connectivity index (χ4v) is 2.57. The number of piperidine rings is 1. The number of hydrogen-bond donors (Lipinski definition) is 0. The van der Waals surface area contributed by atoms with Crippen LogP contribution in [-0.4, -0.2) is 28.7 Å². The van der Waals surface area contributed by atoms with E-state index in [0.717, 1.165) is 12.5 Å². The molecule has 2 rings (SSSR count). The molecular weight excluding hydrogens is 263 g/mol. The standard InChI is InChI=1S/C14H17FN2O3/c1-2-11-9-16(4-3-14(11)18)8-10-5-12(15)7-13(6-10)17(19)20/h5-7,11H,2-4,8-9H2,1H3. The first-order chi connectivity index (χ1) is 9.49. The van der Waals surface area contributed by atoms with Gasteiger partial charge in [0.05, 0.1) is 11.0 Å². The molecule has 6 heteroatoms. The number of hydrogen-bond acceptors (Lipinski definition) is 4. The number of non-ortho nitro benzene ring substituents is 1. The average molecular weight is 280 g/mol. The Bertz CT molecular complexity index is 533. The minimum Gasteiger partial charge on any atom is -0.299 e. The monoisotopic (exact) mass is 280 g/mol. The Morgan fingerprint density at radius 1 is 1.45 bits per heavy atom. The quantitative estimate of drug-likeness (QED) is 0.628. The third-order valence-electron chi connectivity index (χ3n) is 3.66. The number of halogens is 1. The largest absolute Gasteiger partial charge is 0.299 e. The lowest BCUT2D eigenvalue weighted by atomic mass is 9.94. The molecule has 1 unspecified atom stereocenters. The Morgan fingerprint density at radius 3 is 2.85 bits per heavy atom. The Hall–Kier alpha value is -1.82. The zero-order valence-electron chi connectivity index (χ0n) is 11.3. The van der Waals surface area contributed by atoms with E-state index in [1.54, 1.807) is 0 Å². The molecule has 1 aliphatic rings. The first-order valence-electron chi connectivity index (χ1n) is 6.68. The first-order valence-corrected chi connectivity index (χ1v) is 6.68. The molecule has 0 bridgehead atoms. The maximum absolute atomic E-state index is 13.4. The Kier molecular flexibility index (Phi) is 4.44. The molecular formula is C14H17FN2O3. The number of rotatable bonds is 4. The molecule has 1 aromatic carbocycles. The van der Waals surface area contributed by atoms with Gasteiger partial charge in [0.1, 0.15) is 11.6 Å². The zero-order chi connectivity index (χ0) is 14.7. The van der Waals surface area contributed by atoms with Crippen molar-refractivity contribution in [2.75, 3.05) is 13.1 Å². The van der Waals surface area contributed by atoms with Crippen molar-refractivity contribution < 1.29 is 14.1 Å². The van der Waals surface area contributed by atoms with Crippen molar-refractivity contribution in [1.29, 1.82) is 0 Å². The summed E-state index contributed by atoms with van der Waals surface area (Å²) >= 11 is 0. The predicted molar refractivity (Wildman–Crippen MR) is 71.7 cm³/mol. The van der Waals surface area contributed by atoms with E-state index in [1.807, 2.05) is 11.8 Å². The second kappa shape index (κ2) is 6.09. The highest BCUT2D eigenvalue weighted by atomic mass is 19.1. The number of benzene rings is 1. The topological polar surface area (TPSA) is 63.4 Å². The third-order valence-corrected chi connectivity index (χ3v) is 3.66. The Balaban J connectivity index is 2.10. The number of carbonyl (C=O) groups excluding carboxylic acids is 1. The molecule has 1 atom stereocenters. The number of nitro benzene ring substituents is 1. The highest BCUT2D eigenvalue weighted by Gasteiger charge is 2.25. The fourth-order valence-electron chi connectivity index (χ4n) is 2.57. The van der Waals surface area contributed by atoms with Gasteiger partial charge in [0.15, 0.2) is 0 Å². The number of ketones is 1. The van der Waals surface area contributed by atoms with Gasteiger partial charge >= 0.3 is 0 Å². The molecule has 108 valence electrons. The third kappa shape index (κ3) is 3.39. The van der Waals surface area contributed by atoms with Gasteiger partial charge in [0.2, 0.25) is 0 Å². The number of likely N-dealkylation sites (tertiary alicyclic amines) is 1. The van der Waals surface area contributed by atoms with E-state index in [-0.39, 0.29) is 17.4 Å². The minimum absolute atomic E-state index is 0.0206. The number of nitrogens with zero attached hydrogens (tertiary/aromatic N) is 2. The van der Waals surface area contributed by atoms with E-state index in [0.29, 0.717) is 31.6 Å². The molecule has 1 saturated heterocycles. The normalized spacial score (nSPS) is 20.1. The zero-order valence-corrected chi connectivity index (χ0v) is 11.3. The van der Waals surface area contributed by atoms with Crippen LogP contribution in [0.1, 0.15) is 25.3 Å². The molecule has 1 aromatic rings. The van der Waals surface area contributed by atoms with Crippen LogP contribution in [0.4, 0.5) is 10.1 Å². The van der Waals surface area contributed by atoms with E-state index in [2.05, 4.69) is 0 Å². The predicted octanol–water partition coefficient (Wildman–Crippen LogP) is 2.53. The lowest BCUT2D eigenvalue weighted by Gasteiger charge is -2.31. The lowest BCUT2D eigenvalue weighted by molar-refractivity contribution is -0.385. The number of carbonyl (C=O) groups is 1. The number of Topliss-reactive ketones (excluding diaryl/α,β-unsaturated/α-hetero) is 1. The van der Waals surface area contributed by atoms with Crippen molar-refractivity contribution in [3.05, 3.63) is 39.7 Å². The summed E-state index contributed by atoms with van der Waals surface area (Å²) in [6, 6.07) is 3.61. The van der Waals surface area contributed by atoms with Crippen molar-refractivity contribution in [2.45, 2.75) is 26.3 Å². The van der Waals surface area contributed by atoms with Crippen molar-refractivity contribution >= 4 is 11.5 Å². The summed E-state index contributed by atoms with van der Waals surface area (Å²) in [6.07, 6.45) is 1.29. The average Bonchev–Trinajstić information content (AvgIpc) is 2.40. The maximum Gasteiger partial charge on any atom is 0.272 e. The van der Waals surface area contributed by atoms with Crippen LogP contribution < -0.4 is 0 Å². The van der Waals surface area contributed by atoms with E-state index in [1.165, 1.54) is 12.1 Å². The number of nitro groups is 1. The fraction of sp³-hybridized carbons (Fsp3) is 0.500. The van der Waals surface area contributed by atoms with Gasteiger partial charge in [0.25, 0.3) is 5.69 Å². The van der Waals surface area contributed by atoms with Crippen LogP contribution in [0, 0.1) is 21.8 Å². The molecule has 0 N–H and O–H groups in total. The second-order valence-electron chi connectivity index (χ2n) is 5.13. The molecule has 0 aliphatic carbocycles. The summed E-state index contributed by atoms with van der Waals surface area (Å²) in [5.41, 5.74) is 0.334. The van der Waals surface area contributed by atoms with Gasteiger partial charge in [-0.15, -0.1) is 0 Å². The highest BCUT2D eigenvalue weighted by Crippen LogP contribution is 2.21. The molecule has 0 saturated carbocycles. The van der Waals surface area contributed by atoms with Crippen molar-refractivity contribution in [3.8, 4) is 0 Å². The second-order valence-corrected chi connectivity index (χ2v) is 5.13. The van der Waals surface area contributed by atoms with Crippen molar-refractivity contribution in [2.24, 2.45) is 5.92 Å². The van der Waals surface area contributed by atoms with Crippen molar-refractivity contribution in [1.82, 2.24) is 4.90 Å². The smallest absolute Gasteiger partial charge is 0.272 e. The summed E-state index contributed by atoms with van der Waals surface area (Å²) in [5, 5.41) is 10.7. The van der Waals surface area contributed by atoms with E-state index < -0.39 is 10.7 Å². The SMILES string of the molecule is CCC1CN(Cc2cc(F)cc([N+](=O)[O-])c2)CCC1=O. The van der Waals surface area contributed by atoms with Gasteiger partial charge in [-0.2, -0.15) is 0 Å². The molecule has 0 aromatic heterocycles. The molecule has 1 fully saturated rings. The lowest BCUT2D eigenvalue weighted by Crippen LogP contribution is -2.40.